The van der Waals surface area contributed by atoms with Crippen LogP contribution in [0.2, 0.25) is 5.02 Å². The molecule has 0 bridgehead atoms. The Morgan fingerprint density at radius 2 is 1.75 bits per heavy atom. The zero-order valence-electron chi connectivity index (χ0n) is 18.4. The number of amides is 2. The third-order valence-corrected chi connectivity index (χ3v) is 5.42. The fourth-order valence-electron chi connectivity index (χ4n) is 3.29. The lowest BCUT2D eigenvalue weighted by Crippen LogP contribution is -2.54. The number of nitrogens with one attached hydrogen (secondary N) is 1. The summed E-state index contributed by atoms with van der Waals surface area (Å²) in [6.07, 6.45) is 1.47. The number of ether oxygens (including phenoxy) is 2. The highest BCUT2D eigenvalue weighted by molar-refractivity contribution is 7.80. The molecule has 0 aliphatic carbocycles. The first kappa shape index (κ1) is 23.8. The van der Waals surface area contributed by atoms with Gasteiger partial charge in [-0.15, -0.1) is 0 Å². The van der Waals surface area contributed by atoms with Gasteiger partial charge in [-0.25, -0.2) is 0 Å². The highest BCUT2D eigenvalue weighted by Gasteiger charge is 2.34. The highest BCUT2D eigenvalue weighted by atomic mass is 35.5. The maximum atomic E-state index is 13.3. The van der Waals surface area contributed by atoms with Crippen LogP contribution in [0.15, 0.2) is 42.0 Å². The molecule has 0 spiro atoms. The maximum absolute atomic E-state index is 13.3. The number of carbonyl (C=O) groups is 2. The molecule has 1 fully saturated rings. The van der Waals surface area contributed by atoms with Crippen molar-refractivity contribution >= 4 is 52.5 Å². The minimum absolute atomic E-state index is 0.0363. The van der Waals surface area contributed by atoms with E-state index in [9.17, 15) is 9.59 Å². The van der Waals surface area contributed by atoms with Crippen LogP contribution in [0.4, 0.5) is 5.69 Å². The summed E-state index contributed by atoms with van der Waals surface area (Å²) in [7, 11) is 0. The number of halogens is 1. The van der Waals surface area contributed by atoms with Gasteiger partial charge in [0, 0.05) is 0 Å². The number of thiocarbonyl (C=S) groups is 1. The average Bonchev–Trinajstić information content (AvgIpc) is 2.74. The zero-order chi connectivity index (χ0) is 23.4. The van der Waals surface area contributed by atoms with Crippen molar-refractivity contribution < 1.29 is 19.1 Å². The Morgan fingerprint density at radius 1 is 1.09 bits per heavy atom. The number of benzene rings is 2. The van der Waals surface area contributed by atoms with Gasteiger partial charge in [0.15, 0.2) is 16.6 Å². The van der Waals surface area contributed by atoms with Gasteiger partial charge in [0.1, 0.15) is 5.57 Å². The van der Waals surface area contributed by atoms with E-state index < -0.39 is 11.8 Å². The van der Waals surface area contributed by atoms with Gasteiger partial charge in [0.05, 0.1) is 23.9 Å². The van der Waals surface area contributed by atoms with E-state index in [-0.39, 0.29) is 10.7 Å². The van der Waals surface area contributed by atoms with Gasteiger partial charge in [-0.1, -0.05) is 37.6 Å². The van der Waals surface area contributed by atoms with Gasteiger partial charge in [-0.05, 0) is 73.5 Å². The normalized spacial score (nSPS) is 15.4. The van der Waals surface area contributed by atoms with E-state index in [0.717, 1.165) is 5.56 Å². The Labute approximate surface area is 198 Å². The molecule has 2 amide bonds. The molecule has 0 radical (unpaired) electrons. The summed E-state index contributed by atoms with van der Waals surface area (Å²) < 4.78 is 11.2. The molecular formula is C24H25ClN2O4S. The minimum Gasteiger partial charge on any atom is -0.490 e. The molecule has 168 valence electrons. The van der Waals surface area contributed by atoms with E-state index in [1.54, 1.807) is 12.1 Å². The predicted molar refractivity (Wildman–Crippen MR) is 131 cm³/mol. The lowest BCUT2D eigenvalue weighted by Gasteiger charge is -2.29. The molecule has 32 heavy (non-hydrogen) atoms. The van der Waals surface area contributed by atoms with Crippen molar-refractivity contribution in [1.82, 2.24) is 5.32 Å². The summed E-state index contributed by atoms with van der Waals surface area (Å²) in [4.78, 5) is 27.2. The van der Waals surface area contributed by atoms with Crippen LogP contribution in [-0.2, 0) is 9.59 Å². The maximum Gasteiger partial charge on any atom is 0.270 e. The Balaban J connectivity index is 2.00. The molecule has 2 aromatic carbocycles. The van der Waals surface area contributed by atoms with Crippen molar-refractivity contribution in [3.63, 3.8) is 0 Å². The fourth-order valence-corrected chi connectivity index (χ4v) is 3.84. The molecule has 1 saturated heterocycles. The Hall–Kier alpha value is -2.90. The monoisotopic (exact) mass is 472 g/mol. The van der Waals surface area contributed by atoms with E-state index in [2.05, 4.69) is 19.2 Å². The summed E-state index contributed by atoms with van der Waals surface area (Å²) in [5.74, 6) is 0.129. The van der Waals surface area contributed by atoms with Gasteiger partial charge < -0.3 is 9.47 Å². The summed E-state index contributed by atoms with van der Waals surface area (Å²) in [5, 5.41) is 2.95. The van der Waals surface area contributed by atoms with Gasteiger partial charge >= 0.3 is 0 Å². The molecule has 8 heteroatoms. The topological polar surface area (TPSA) is 67.9 Å². The number of hydrogen-bond acceptors (Lipinski definition) is 5. The molecule has 1 heterocycles. The molecule has 3 rings (SSSR count). The smallest absolute Gasteiger partial charge is 0.270 e. The number of hydrogen-bond donors (Lipinski definition) is 1. The largest absolute Gasteiger partial charge is 0.490 e. The zero-order valence-corrected chi connectivity index (χ0v) is 20.0. The summed E-state index contributed by atoms with van der Waals surface area (Å²) in [6.45, 7) is 8.69. The third-order valence-electron chi connectivity index (χ3n) is 4.85. The lowest BCUT2D eigenvalue weighted by atomic mass is 10.0. The summed E-state index contributed by atoms with van der Waals surface area (Å²) in [6, 6.07) is 10.8. The third kappa shape index (κ3) is 4.95. The molecule has 0 aromatic heterocycles. The van der Waals surface area contributed by atoms with E-state index in [1.807, 2.05) is 38.1 Å². The summed E-state index contributed by atoms with van der Waals surface area (Å²) in [5.41, 5.74) is 2.18. The average molecular weight is 473 g/mol. The minimum atomic E-state index is -0.571. The first-order chi connectivity index (χ1) is 15.3. The van der Waals surface area contributed by atoms with Crippen LogP contribution >= 0.6 is 23.8 Å². The van der Waals surface area contributed by atoms with Crippen LogP contribution in [0.3, 0.4) is 0 Å². The van der Waals surface area contributed by atoms with Crippen LogP contribution in [0.5, 0.6) is 11.5 Å². The quantitative estimate of drug-likeness (QED) is 0.345. The van der Waals surface area contributed by atoms with E-state index in [0.29, 0.717) is 46.9 Å². The van der Waals surface area contributed by atoms with Gasteiger partial charge in [0.25, 0.3) is 11.8 Å². The van der Waals surface area contributed by atoms with Crippen molar-refractivity contribution in [2.75, 3.05) is 18.1 Å². The van der Waals surface area contributed by atoms with Crippen molar-refractivity contribution in [2.24, 2.45) is 0 Å². The summed E-state index contributed by atoms with van der Waals surface area (Å²) >= 11 is 11.7. The van der Waals surface area contributed by atoms with Crippen LogP contribution < -0.4 is 19.7 Å². The first-order valence-electron chi connectivity index (χ1n) is 10.4. The number of nitrogens with zero attached hydrogens (tertiary/aromatic N) is 1. The standard InChI is InChI=1S/C24H25ClN2O4S/c1-5-30-20-13-15(12-19(25)21(20)31-6-2)11-18-22(28)26-24(32)27(23(18)29)17-9-7-16(8-10-17)14(3)4/h7-14H,5-6H2,1-4H3,(H,26,28,32)/b18-11+. The second-order valence-corrected chi connectivity index (χ2v) is 8.19. The van der Waals surface area contributed by atoms with Crippen LogP contribution in [-0.4, -0.2) is 30.1 Å². The Kier molecular flexibility index (Phi) is 7.53. The molecule has 1 aliphatic rings. The fraction of sp³-hybridized carbons (Fsp3) is 0.292. The molecule has 6 nitrogen and oxygen atoms in total. The molecule has 1 N–H and O–H groups in total. The van der Waals surface area contributed by atoms with Gasteiger partial charge in [-0.3, -0.25) is 19.8 Å². The molecule has 0 saturated carbocycles. The second kappa shape index (κ2) is 10.1. The van der Waals surface area contributed by atoms with E-state index in [1.165, 1.54) is 11.0 Å². The van der Waals surface area contributed by atoms with Crippen LogP contribution in [0, 0.1) is 0 Å². The van der Waals surface area contributed by atoms with Crippen molar-refractivity contribution in [3.05, 3.63) is 58.1 Å². The van der Waals surface area contributed by atoms with Gasteiger partial charge in [-0.2, -0.15) is 0 Å². The number of anilines is 1. The molecular weight excluding hydrogens is 448 g/mol. The lowest BCUT2D eigenvalue weighted by molar-refractivity contribution is -0.122. The van der Waals surface area contributed by atoms with Crippen molar-refractivity contribution in [1.29, 1.82) is 0 Å². The van der Waals surface area contributed by atoms with Crippen LogP contribution in [0.25, 0.3) is 6.08 Å². The van der Waals surface area contributed by atoms with Crippen molar-refractivity contribution in [2.45, 2.75) is 33.6 Å². The molecule has 1 aliphatic heterocycles. The molecule has 0 unspecified atom stereocenters. The molecule has 2 aromatic rings. The predicted octanol–water partition coefficient (Wildman–Crippen LogP) is 5.09. The van der Waals surface area contributed by atoms with Crippen LogP contribution in [0.1, 0.15) is 44.7 Å². The van der Waals surface area contributed by atoms with E-state index >= 15 is 0 Å². The SMILES string of the molecule is CCOc1cc(/C=C2\C(=O)NC(=S)N(c3ccc(C(C)C)cc3)C2=O)cc(Cl)c1OCC. The Morgan fingerprint density at radius 3 is 2.34 bits per heavy atom. The number of rotatable bonds is 7. The first-order valence-corrected chi connectivity index (χ1v) is 11.2. The Bertz CT molecular complexity index is 1080. The van der Waals surface area contributed by atoms with Crippen molar-refractivity contribution in [3.8, 4) is 11.5 Å². The second-order valence-electron chi connectivity index (χ2n) is 7.40. The highest BCUT2D eigenvalue weighted by Crippen LogP contribution is 2.37. The van der Waals surface area contributed by atoms with E-state index in [4.69, 9.17) is 33.3 Å². The number of carbonyl (C=O) groups excluding carboxylic acids is 2. The molecule has 0 atom stereocenters. The van der Waals surface area contributed by atoms with Gasteiger partial charge in [0.2, 0.25) is 0 Å².